The Morgan fingerprint density at radius 1 is 0.957 bits per heavy atom. The van der Waals surface area contributed by atoms with Gasteiger partial charge in [0, 0.05) is 58.6 Å². The van der Waals surface area contributed by atoms with Crippen molar-refractivity contribution in [1.82, 2.24) is 30.3 Å². The number of hydrogen-bond acceptors (Lipinski definition) is 10. The molecule has 2 amide bonds. The molecule has 250 valence electrons. The molecular weight excluding hydrogens is 612 g/mol. The monoisotopic (exact) mass is 650 g/mol. The highest BCUT2D eigenvalue weighted by atomic mass is 19.3. The van der Waals surface area contributed by atoms with E-state index in [4.69, 9.17) is 9.26 Å². The normalized spacial score (nSPS) is 17.3. The Morgan fingerprint density at radius 3 is 2.04 bits per heavy atom. The molecule has 0 bridgehead atoms. The number of aromatic nitrogens is 4. The first-order chi connectivity index (χ1) is 21.6. The zero-order valence-corrected chi connectivity index (χ0v) is 26.3. The Morgan fingerprint density at radius 2 is 1.52 bits per heavy atom. The SMILES string of the molecule is CN(C(=O)c1cnc(N2CCC(NC(=O)OC(C)(C)C)C2)nc1)C1CCN(c2nc(C(C)(F)F)no2)CC1.Fc1ccc(F)cc1. The van der Waals surface area contributed by atoms with Crippen LogP contribution >= 0.6 is 0 Å². The minimum absolute atomic E-state index is 0.0493. The molecule has 0 radical (unpaired) electrons. The molecule has 16 heteroatoms. The molecule has 3 aromatic rings. The Balaban J connectivity index is 0.000000523. The van der Waals surface area contributed by atoms with Gasteiger partial charge in [0.1, 0.15) is 17.2 Å². The molecule has 5 rings (SSSR count). The van der Waals surface area contributed by atoms with E-state index < -0.39 is 35.1 Å². The fourth-order valence-corrected chi connectivity index (χ4v) is 4.89. The summed E-state index contributed by atoms with van der Waals surface area (Å²) in [6.45, 7) is 8.35. The molecule has 0 saturated carbocycles. The second kappa shape index (κ2) is 14.3. The highest BCUT2D eigenvalue weighted by molar-refractivity contribution is 5.93. The number of anilines is 2. The van der Waals surface area contributed by atoms with Crippen LogP contribution in [0.25, 0.3) is 0 Å². The van der Waals surface area contributed by atoms with Crippen LogP contribution < -0.4 is 15.1 Å². The summed E-state index contributed by atoms with van der Waals surface area (Å²) in [4.78, 5) is 43.0. The van der Waals surface area contributed by atoms with Crippen LogP contribution in [0.3, 0.4) is 0 Å². The quantitative estimate of drug-likeness (QED) is 0.372. The topological polar surface area (TPSA) is 130 Å². The van der Waals surface area contributed by atoms with Crippen molar-refractivity contribution in [3.8, 4) is 0 Å². The van der Waals surface area contributed by atoms with Gasteiger partial charge in [-0.15, -0.1) is 0 Å². The molecular formula is C30H38F4N8O4. The van der Waals surface area contributed by atoms with Gasteiger partial charge in [-0.25, -0.2) is 23.5 Å². The lowest BCUT2D eigenvalue weighted by Gasteiger charge is -2.35. The second-order valence-electron chi connectivity index (χ2n) is 12.2. The zero-order chi connectivity index (χ0) is 33.6. The number of amides is 2. The molecule has 2 aliphatic heterocycles. The van der Waals surface area contributed by atoms with Gasteiger partial charge >= 0.3 is 18.0 Å². The largest absolute Gasteiger partial charge is 0.444 e. The minimum Gasteiger partial charge on any atom is -0.444 e. The summed E-state index contributed by atoms with van der Waals surface area (Å²) >= 11 is 0. The van der Waals surface area contributed by atoms with Gasteiger partial charge in [0.25, 0.3) is 5.91 Å². The standard InChI is InChI=1S/C24H34F2N8O4.C6H4F2/c1-23(2,3)37-22(36)29-16-6-9-34(14-16)20-27-12-15(13-28-20)18(35)32(5)17-7-10-33(11-8-17)21-30-19(31-38-21)24(4,25)26;7-5-1-2-6(8)4-3-5/h12-13,16-17H,6-11,14H2,1-5H3,(H,29,36);1-4H. The van der Waals surface area contributed by atoms with Crippen LogP contribution in [0.4, 0.5) is 34.3 Å². The number of alkyl carbamates (subject to hydrolysis) is 1. The van der Waals surface area contributed by atoms with Crippen molar-refractivity contribution in [2.75, 3.05) is 43.0 Å². The van der Waals surface area contributed by atoms with Gasteiger partial charge in [0.15, 0.2) is 0 Å². The smallest absolute Gasteiger partial charge is 0.407 e. The van der Waals surface area contributed by atoms with E-state index in [1.165, 1.54) is 12.4 Å². The predicted molar refractivity (Wildman–Crippen MR) is 160 cm³/mol. The number of ether oxygens (including phenoxy) is 1. The molecule has 46 heavy (non-hydrogen) atoms. The molecule has 1 unspecified atom stereocenters. The van der Waals surface area contributed by atoms with Crippen LogP contribution in [-0.2, 0) is 10.7 Å². The van der Waals surface area contributed by atoms with Crippen molar-refractivity contribution in [3.63, 3.8) is 0 Å². The third-order valence-electron chi connectivity index (χ3n) is 7.29. The maximum atomic E-state index is 13.4. The molecule has 0 spiro atoms. The van der Waals surface area contributed by atoms with E-state index in [1.807, 2.05) is 25.7 Å². The first-order valence-corrected chi connectivity index (χ1v) is 14.8. The van der Waals surface area contributed by atoms with Gasteiger partial charge in [-0.05, 0) is 64.3 Å². The highest BCUT2D eigenvalue weighted by Gasteiger charge is 2.34. The van der Waals surface area contributed by atoms with Gasteiger partial charge in [0.05, 0.1) is 11.6 Å². The van der Waals surface area contributed by atoms with Crippen LogP contribution in [0.15, 0.2) is 41.2 Å². The summed E-state index contributed by atoms with van der Waals surface area (Å²) in [5, 5.41) is 6.23. The predicted octanol–water partition coefficient (Wildman–Crippen LogP) is 4.78. The Bertz CT molecular complexity index is 1430. The van der Waals surface area contributed by atoms with Crippen molar-refractivity contribution in [2.45, 2.75) is 70.6 Å². The molecule has 1 atom stereocenters. The number of hydrogen-bond donors (Lipinski definition) is 1. The molecule has 2 aliphatic rings. The number of benzene rings is 1. The van der Waals surface area contributed by atoms with Crippen molar-refractivity contribution in [3.05, 3.63) is 59.7 Å². The van der Waals surface area contributed by atoms with E-state index >= 15 is 0 Å². The van der Waals surface area contributed by atoms with Gasteiger partial charge in [0.2, 0.25) is 11.8 Å². The summed E-state index contributed by atoms with van der Waals surface area (Å²) in [5.74, 6) is -4.35. The summed E-state index contributed by atoms with van der Waals surface area (Å²) in [7, 11) is 1.73. The molecule has 2 aromatic heterocycles. The van der Waals surface area contributed by atoms with E-state index in [0.717, 1.165) is 37.6 Å². The highest BCUT2D eigenvalue weighted by Crippen LogP contribution is 2.28. The van der Waals surface area contributed by atoms with Crippen molar-refractivity contribution in [2.24, 2.45) is 0 Å². The van der Waals surface area contributed by atoms with Gasteiger partial charge < -0.3 is 29.3 Å². The first kappa shape index (κ1) is 34.4. The number of nitrogens with zero attached hydrogens (tertiary/aromatic N) is 7. The van der Waals surface area contributed by atoms with E-state index in [2.05, 4.69) is 25.4 Å². The van der Waals surface area contributed by atoms with E-state index in [0.29, 0.717) is 50.5 Å². The maximum Gasteiger partial charge on any atom is 0.407 e. The zero-order valence-electron chi connectivity index (χ0n) is 26.3. The molecule has 2 fully saturated rings. The van der Waals surface area contributed by atoms with Crippen LogP contribution in [0.2, 0.25) is 0 Å². The maximum absolute atomic E-state index is 13.4. The third-order valence-corrected chi connectivity index (χ3v) is 7.29. The number of alkyl halides is 2. The molecule has 12 nitrogen and oxygen atoms in total. The fourth-order valence-electron chi connectivity index (χ4n) is 4.89. The fraction of sp³-hybridized carbons (Fsp3) is 0.533. The summed E-state index contributed by atoms with van der Waals surface area (Å²) in [6.07, 6.45) is 4.52. The van der Waals surface area contributed by atoms with Crippen LogP contribution in [-0.4, -0.2) is 87.9 Å². The second-order valence-corrected chi connectivity index (χ2v) is 12.2. The lowest BCUT2D eigenvalue weighted by Crippen LogP contribution is -2.45. The molecule has 4 heterocycles. The minimum atomic E-state index is -3.17. The van der Waals surface area contributed by atoms with Crippen LogP contribution in [0.1, 0.15) is 63.1 Å². The molecule has 0 aliphatic carbocycles. The number of carbonyl (C=O) groups is 2. The summed E-state index contributed by atoms with van der Waals surface area (Å²) in [5.41, 5.74) is -0.196. The number of carbonyl (C=O) groups excluding carboxylic acids is 2. The molecule has 1 N–H and O–H groups in total. The number of piperidine rings is 1. The Labute approximate surface area is 264 Å². The van der Waals surface area contributed by atoms with Crippen LogP contribution in [0, 0.1) is 11.6 Å². The first-order valence-electron chi connectivity index (χ1n) is 14.8. The van der Waals surface area contributed by atoms with Crippen LogP contribution in [0.5, 0.6) is 0 Å². The van der Waals surface area contributed by atoms with Crippen molar-refractivity contribution >= 4 is 24.0 Å². The van der Waals surface area contributed by atoms with Crippen molar-refractivity contribution in [1.29, 1.82) is 0 Å². The van der Waals surface area contributed by atoms with E-state index in [1.54, 1.807) is 16.8 Å². The lowest BCUT2D eigenvalue weighted by atomic mass is 10.0. The Kier molecular flexibility index (Phi) is 10.7. The van der Waals surface area contributed by atoms with Gasteiger partial charge in [-0.1, -0.05) is 5.16 Å². The summed E-state index contributed by atoms with van der Waals surface area (Å²) in [6, 6.07) is 4.24. The number of rotatable bonds is 6. The van der Waals surface area contributed by atoms with Gasteiger partial charge in [-0.3, -0.25) is 4.79 Å². The molecule has 2 saturated heterocycles. The number of halogens is 4. The van der Waals surface area contributed by atoms with E-state index in [-0.39, 0.29) is 24.0 Å². The van der Waals surface area contributed by atoms with Crippen molar-refractivity contribution < 1.29 is 36.4 Å². The van der Waals surface area contributed by atoms with Gasteiger partial charge in [-0.2, -0.15) is 13.8 Å². The average molecular weight is 651 g/mol. The summed E-state index contributed by atoms with van der Waals surface area (Å²) < 4.78 is 60.9. The third kappa shape index (κ3) is 9.50. The Hall–Kier alpha value is -4.50. The number of nitrogens with one attached hydrogen (secondary N) is 1. The molecule has 1 aromatic carbocycles. The average Bonchev–Trinajstić information content (AvgIpc) is 3.68. The lowest BCUT2D eigenvalue weighted by molar-refractivity contribution is 0.00557. The van der Waals surface area contributed by atoms with E-state index in [9.17, 15) is 27.2 Å².